The van der Waals surface area contributed by atoms with E-state index in [0.29, 0.717) is 11.3 Å². The molecule has 0 amide bonds. The predicted octanol–water partition coefficient (Wildman–Crippen LogP) is 5.25. The molecule has 0 radical (unpaired) electrons. The average molecular weight is 313 g/mol. The van der Waals surface area contributed by atoms with Crippen LogP contribution in [0.3, 0.4) is 0 Å². The standard InChI is InChI=1S/C21H17N2O/c1-13-8-7-10-17-18(13)15-12-14(2)19(20(22-3)21(15)24-17)16-9-5-6-11-23(16)4/h5-12H,1-2,4H3/q+1. The number of aryl methyl sites for hydroxylation is 3. The van der Waals surface area contributed by atoms with Crippen LogP contribution in [-0.2, 0) is 7.05 Å². The fourth-order valence-electron chi connectivity index (χ4n) is 3.47. The summed E-state index contributed by atoms with van der Waals surface area (Å²) >= 11 is 0. The van der Waals surface area contributed by atoms with Crippen molar-refractivity contribution >= 4 is 27.6 Å². The Kier molecular flexibility index (Phi) is 3.14. The van der Waals surface area contributed by atoms with Crippen LogP contribution in [0.15, 0.2) is 53.1 Å². The summed E-state index contributed by atoms with van der Waals surface area (Å²) in [4.78, 5) is 3.84. The van der Waals surface area contributed by atoms with Gasteiger partial charge in [-0.15, -0.1) is 0 Å². The van der Waals surface area contributed by atoms with Crippen LogP contribution in [0.25, 0.3) is 38.0 Å². The van der Waals surface area contributed by atoms with Gasteiger partial charge >= 0.3 is 0 Å². The summed E-state index contributed by atoms with van der Waals surface area (Å²) < 4.78 is 8.13. The molecule has 0 aliphatic heterocycles. The van der Waals surface area contributed by atoms with Crippen LogP contribution in [0.5, 0.6) is 0 Å². The van der Waals surface area contributed by atoms with Crippen LogP contribution in [0.1, 0.15) is 11.1 Å². The highest BCUT2D eigenvalue weighted by Gasteiger charge is 2.23. The Hall–Kier alpha value is -3.12. The average Bonchev–Trinajstić information content (AvgIpc) is 2.94. The highest BCUT2D eigenvalue weighted by molar-refractivity contribution is 6.13. The number of hydrogen-bond donors (Lipinski definition) is 0. The lowest BCUT2D eigenvalue weighted by Crippen LogP contribution is -2.30. The van der Waals surface area contributed by atoms with E-state index in [-0.39, 0.29) is 0 Å². The number of pyridine rings is 1. The maximum atomic E-state index is 7.77. The van der Waals surface area contributed by atoms with Crippen molar-refractivity contribution in [3.63, 3.8) is 0 Å². The quantitative estimate of drug-likeness (QED) is 0.347. The van der Waals surface area contributed by atoms with Gasteiger partial charge in [0.1, 0.15) is 18.2 Å². The molecular formula is C21H17N2O+. The van der Waals surface area contributed by atoms with Gasteiger partial charge in [-0.1, -0.05) is 12.1 Å². The molecule has 116 valence electrons. The molecule has 2 aromatic carbocycles. The topological polar surface area (TPSA) is 21.4 Å². The van der Waals surface area contributed by atoms with E-state index in [0.717, 1.165) is 33.2 Å². The van der Waals surface area contributed by atoms with Gasteiger partial charge in [-0.2, -0.15) is 0 Å². The van der Waals surface area contributed by atoms with E-state index >= 15 is 0 Å². The molecule has 0 aliphatic rings. The SMILES string of the molecule is [C-]#[N+]c1c(-c2cccc[n+]2C)c(C)cc2c1oc1cccc(C)c12. The van der Waals surface area contributed by atoms with Gasteiger partial charge in [-0.05, 0) is 43.2 Å². The van der Waals surface area contributed by atoms with Crippen molar-refractivity contribution in [2.24, 2.45) is 7.05 Å². The number of nitrogens with zero attached hydrogens (tertiary/aromatic N) is 2. The number of aromatic nitrogens is 1. The summed E-state index contributed by atoms with van der Waals surface area (Å²) in [5.74, 6) is 0. The Balaban J connectivity index is 2.20. The van der Waals surface area contributed by atoms with E-state index in [1.165, 1.54) is 5.56 Å². The summed E-state index contributed by atoms with van der Waals surface area (Å²) in [6.45, 7) is 11.9. The highest BCUT2D eigenvalue weighted by atomic mass is 16.3. The number of hydrogen-bond acceptors (Lipinski definition) is 1. The molecule has 0 N–H and O–H groups in total. The second kappa shape index (κ2) is 5.21. The number of rotatable bonds is 1. The van der Waals surface area contributed by atoms with E-state index in [4.69, 9.17) is 11.0 Å². The number of benzene rings is 2. The van der Waals surface area contributed by atoms with Crippen molar-refractivity contribution in [1.29, 1.82) is 0 Å². The van der Waals surface area contributed by atoms with Crippen molar-refractivity contribution in [3.8, 4) is 11.3 Å². The smallest absolute Gasteiger partial charge is 0.243 e. The van der Waals surface area contributed by atoms with Crippen molar-refractivity contribution < 1.29 is 8.98 Å². The number of fused-ring (bicyclic) bond motifs is 3. The summed E-state index contributed by atoms with van der Waals surface area (Å²) in [7, 11) is 2.00. The van der Waals surface area contributed by atoms with Crippen LogP contribution < -0.4 is 4.57 Å². The van der Waals surface area contributed by atoms with Gasteiger partial charge in [0, 0.05) is 22.9 Å². The molecule has 0 saturated heterocycles. The van der Waals surface area contributed by atoms with Crippen molar-refractivity contribution in [2.75, 3.05) is 0 Å². The van der Waals surface area contributed by atoms with Crippen LogP contribution >= 0.6 is 0 Å². The molecule has 0 unspecified atom stereocenters. The van der Waals surface area contributed by atoms with E-state index in [2.05, 4.69) is 30.8 Å². The predicted molar refractivity (Wildman–Crippen MR) is 96.1 cm³/mol. The fourth-order valence-corrected chi connectivity index (χ4v) is 3.47. The molecule has 4 aromatic rings. The van der Waals surface area contributed by atoms with Crippen molar-refractivity contribution in [1.82, 2.24) is 0 Å². The van der Waals surface area contributed by atoms with Crippen LogP contribution in [0.4, 0.5) is 5.69 Å². The minimum Gasteiger partial charge on any atom is -0.467 e. The molecule has 2 heterocycles. The maximum absolute atomic E-state index is 7.77. The first kappa shape index (κ1) is 14.5. The summed E-state index contributed by atoms with van der Waals surface area (Å²) in [5, 5.41) is 2.12. The summed E-state index contributed by atoms with van der Waals surface area (Å²) in [6.07, 6.45) is 2.00. The summed E-state index contributed by atoms with van der Waals surface area (Å²) in [6, 6.07) is 14.2. The third kappa shape index (κ3) is 1.93. The Bertz CT molecular complexity index is 1150. The largest absolute Gasteiger partial charge is 0.467 e. The first-order chi connectivity index (χ1) is 11.6. The van der Waals surface area contributed by atoms with Crippen LogP contribution in [-0.4, -0.2) is 0 Å². The van der Waals surface area contributed by atoms with Gasteiger partial charge in [-0.25, -0.2) is 9.41 Å². The minimum absolute atomic E-state index is 0.586. The molecule has 3 nitrogen and oxygen atoms in total. The van der Waals surface area contributed by atoms with Gasteiger partial charge in [0.05, 0.1) is 12.1 Å². The molecule has 0 atom stereocenters. The third-order valence-corrected chi connectivity index (χ3v) is 4.59. The zero-order valence-electron chi connectivity index (χ0n) is 13.9. The van der Waals surface area contributed by atoms with Crippen molar-refractivity contribution in [3.05, 3.63) is 71.2 Å². The Labute approximate surface area is 140 Å². The maximum Gasteiger partial charge on any atom is 0.243 e. The lowest BCUT2D eigenvalue weighted by atomic mass is 9.98. The van der Waals surface area contributed by atoms with Gasteiger partial charge < -0.3 is 4.42 Å². The lowest BCUT2D eigenvalue weighted by Gasteiger charge is -2.07. The fraction of sp³-hybridized carbons (Fsp3) is 0.143. The normalized spacial score (nSPS) is 11.1. The Morgan fingerprint density at radius 3 is 2.62 bits per heavy atom. The van der Waals surface area contributed by atoms with Crippen LogP contribution in [0.2, 0.25) is 0 Å². The molecule has 3 heteroatoms. The van der Waals surface area contributed by atoms with Crippen molar-refractivity contribution in [2.45, 2.75) is 13.8 Å². The number of furan rings is 1. The molecular weight excluding hydrogens is 296 g/mol. The second-order valence-corrected chi connectivity index (χ2v) is 6.15. The van der Waals surface area contributed by atoms with Gasteiger partial charge in [0.2, 0.25) is 11.4 Å². The first-order valence-corrected chi connectivity index (χ1v) is 7.89. The zero-order chi connectivity index (χ0) is 16.8. The molecule has 0 bridgehead atoms. The van der Waals surface area contributed by atoms with E-state index in [9.17, 15) is 0 Å². The van der Waals surface area contributed by atoms with Gasteiger partial charge in [-0.3, -0.25) is 0 Å². The molecule has 0 fully saturated rings. The Morgan fingerprint density at radius 1 is 1.04 bits per heavy atom. The van der Waals surface area contributed by atoms with Crippen LogP contribution in [0, 0.1) is 20.4 Å². The molecule has 0 saturated carbocycles. The highest BCUT2D eigenvalue weighted by Crippen LogP contribution is 2.43. The zero-order valence-corrected chi connectivity index (χ0v) is 13.9. The van der Waals surface area contributed by atoms with E-state index in [1.807, 2.05) is 48.1 Å². The van der Waals surface area contributed by atoms with Gasteiger partial charge in [0.15, 0.2) is 6.20 Å². The monoisotopic (exact) mass is 313 g/mol. The molecule has 4 rings (SSSR count). The lowest BCUT2D eigenvalue weighted by molar-refractivity contribution is -0.660. The summed E-state index contributed by atoms with van der Waals surface area (Å²) in [5.41, 5.74) is 6.31. The molecule has 0 aliphatic carbocycles. The minimum atomic E-state index is 0.586. The van der Waals surface area contributed by atoms with Gasteiger partial charge in [0.25, 0.3) is 0 Å². The molecule has 0 spiro atoms. The second-order valence-electron chi connectivity index (χ2n) is 6.15. The third-order valence-electron chi connectivity index (χ3n) is 4.59. The Morgan fingerprint density at radius 2 is 1.88 bits per heavy atom. The molecule has 24 heavy (non-hydrogen) atoms. The first-order valence-electron chi connectivity index (χ1n) is 7.89. The van der Waals surface area contributed by atoms with E-state index < -0.39 is 0 Å². The van der Waals surface area contributed by atoms with E-state index in [1.54, 1.807) is 0 Å². The molecule has 2 aromatic heterocycles.